The number of amides is 2. The predicted molar refractivity (Wildman–Crippen MR) is 60.2 cm³/mol. The monoisotopic (exact) mass is 226 g/mol. The molecule has 0 bridgehead atoms. The summed E-state index contributed by atoms with van der Waals surface area (Å²) in [6, 6.07) is 0.0700. The van der Waals surface area contributed by atoms with Gasteiger partial charge in [0.15, 0.2) is 0 Å². The normalized spacial score (nSPS) is 14.3. The van der Waals surface area contributed by atoms with E-state index in [9.17, 15) is 9.59 Å². The number of hydrogen-bond acceptors (Lipinski definition) is 2. The van der Waals surface area contributed by atoms with Crippen LogP contribution in [0.3, 0.4) is 0 Å². The van der Waals surface area contributed by atoms with Crippen LogP contribution >= 0.6 is 0 Å². The molecule has 0 aromatic rings. The van der Waals surface area contributed by atoms with Gasteiger partial charge in [-0.3, -0.25) is 4.79 Å². The molecule has 0 aliphatic heterocycles. The van der Waals surface area contributed by atoms with E-state index >= 15 is 0 Å². The molecule has 1 aliphatic rings. The highest BCUT2D eigenvalue weighted by Crippen LogP contribution is 2.27. The molecule has 1 saturated carbocycles. The lowest BCUT2D eigenvalue weighted by Gasteiger charge is -2.28. The Morgan fingerprint density at radius 1 is 1.50 bits per heavy atom. The van der Waals surface area contributed by atoms with E-state index < -0.39 is 5.97 Å². The molecule has 90 valence electrons. The highest BCUT2D eigenvalue weighted by molar-refractivity contribution is 5.80. The first kappa shape index (κ1) is 12.5. The molecule has 2 amide bonds. The Kier molecular flexibility index (Phi) is 4.34. The number of hydrogen-bond donors (Lipinski definition) is 1. The largest absolute Gasteiger partial charge is 0.480 e. The Morgan fingerprint density at radius 3 is 2.50 bits per heavy atom. The second kappa shape index (κ2) is 5.53. The van der Waals surface area contributed by atoms with Crippen molar-refractivity contribution in [2.45, 2.75) is 25.8 Å². The highest BCUT2D eigenvalue weighted by atomic mass is 16.4. The van der Waals surface area contributed by atoms with Gasteiger partial charge in [-0.05, 0) is 19.8 Å². The maximum atomic E-state index is 12.0. The van der Waals surface area contributed by atoms with Crippen molar-refractivity contribution in [1.29, 1.82) is 0 Å². The van der Waals surface area contributed by atoms with E-state index in [0.29, 0.717) is 13.1 Å². The third-order valence-corrected chi connectivity index (χ3v) is 2.54. The van der Waals surface area contributed by atoms with Gasteiger partial charge in [0, 0.05) is 19.1 Å². The van der Waals surface area contributed by atoms with Gasteiger partial charge in [-0.15, -0.1) is 6.58 Å². The summed E-state index contributed by atoms with van der Waals surface area (Å²) in [6.07, 6.45) is 3.68. The smallest absolute Gasteiger partial charge is 0.323 e. The molecule has 1 aliphatic carbocycles. The van der Waals surface area contributed by atoms with Crippen molar-refractivity contribution in [2.75, 3.05) is 19.6 Å². The van der Waals surface area contributed by atoms with E-state index in [2.05, 4.69) is 6.58 Å². The van der Waals surface area contributed by atoms with Crippen LogP contribution in [0.4, 0.5) is 4.79 Å². The Balaban J connectivity index is 2.62. The highest BCUT2D eigenvalue weighted by Gasteiger charge is 2.34. The number of carboxylic acid groups (broad SMARTS) is 1. The van der Waals surface area contributed by atoms with E-state index in [1.807, 2.05) is 0 Å². The molecular formula is C11H18N2O3. The van der Waals surface area contributed by atoms with Crippen molar-refractivity contribution in [2.24, 2.45) is 0 Å². The number of urea groups is 1. The van der Waals surface area contributed by atoms with E-state index in [1.54, 1.807) is 17.9 Å². The first-order chi connectivity index (χ1) is 7.60. The zero-order valence-corrected chi connectivity index (χ0v) is 9.56. The number of carbonyl (C=O) groups is 2. The number of carboxylic acids is 1. The molecule has 0 aromatic carbocycles. The van der Waals surface area contributed by atoms with Crippen molar-refractivity contribution >= 4 is 12.0 Å². The zero-order valence-electron chi connectivity index (χ0n) is 9.56. The first-order valence-corrected chi connectivity index (χ1v) is 5.48. The van der Waals surface area contributed by atoms with Crippen LogP contribution in [0.2, 0.25) is 0 Å². The van der Waals surface area contributed by atoms with Gasteiger partial charge in [-0.25, -0.2) is 4.79 Å². The topological polar surface area (TPSA) is 60.9 Å². The summed E-state index contributed by atoms with van der Waals surface area (Å²) in [5.74, 6) is -0.982. The fourth-order valence-electron chi connectivity index (χ4n) is 1.57. The quantitative estimate of drug-likeness (QED) is 0.691. The zero-order chi connectivity index (χ0) is 12.1. The minimum absolute atomic E-state index is 0.202. The third-order valence-electron chi connectivity index (χ3n) is 2.54. The molecule has 0 saturated heterocycles. The molecule has 0 atom stereocenters. The average molecular weight is 226 g/mol. The van der Waals surface area contributed by atoms with Crippen LogP contribution in [0.1, 0.15) is 19.8 Å². The standard InChI is InChI=1S/C11H18N2O3/c1-3-7-13(9-5-6-9)11(16)12(4-2)8-10(14)15/h3,9H,1,4-8H2,2H3,(H,14,15). The van der Waals surface area contributed by atoms with Gasteiger partial charge in [-0.1, -0.05) is 6.08 Å². The van der Waals surface area contributed by atoms with Crippen molar-refractivity contribution in [3.8, 4) is 0 Å². The van der Waals surface area contributed by atoms with Crippen LogP contribution in [-0.2, 0) is 4.79 Å². The van der Waals surface area contributed by atoms with E-state index in [-0.39, 0.29) is 18.6 Å². The molecule has 0 spiro atoms. The van der Waals surface area contributed by atoms with E-state index in [0.717, 1.165) is 12.8 Å². The third kappa shape index (κ3) is 3.25. The lowest BCUT2D eigenvalue weighted by molar-refractivity contribution is -0.137. The summed E-state index contributed by atoms with van der Waals surface area (Å²) in [5, 5.41) is 8.70. The van der Waals surface area contributed by atoms with E-state index in [4.69, 9.17) is 5.11 Å². The molecule has 1 N–H and O–H groups in total. The predicted octanol–water partition coefficient (Wildman–Crippen LogP) is 1.16. The van der Waals surface area contributed by atoms with Crippen LogP contribution in [0, 0.1) is 0 Å². The van der Waals surface area contributed by atoms with Gasteiger partial charge in [-0.2, -0.15) is 0 Å². The molecule has 0 heterocycles. The van der Waals surface area contributed by atoms with Gasteiger partial charge in [0.05, 0.1) is 0 Å². The van der Waals surface area contributed by atoms with Crippen molar-refractivity contribution in [3.63, 3.8) is 0 Å². The molecule has 5 nitrogen and oxygen atoms in total. The van der Waals surface area contributed by atoms with Crippen LogP contribution in [0.5, 0.6) is 0 Å². The maximum absolute atomic E-state index is 12.0. The summed E-state index contributed by atoms with van der Waals surface area (Å²) in [6.45, 7) is 6.04. The van der Waals surface area contributed by atoms with Gasteiger partial charge in [0.2, 0.25) is 0 Å². The molecule has 0 radical (unpaired) electrons. The Hall–Kier alpha value is -1.52. The lowest BCUT2D eigenvalue weighted by atomic mass is 10.4. The molecule has 1 fully saturated rings. The average Bonchev–Trinajstić information content (AvgIpc) is 3.05. The fourth-order valence-corrected chi connectivity index (χ4v) is 1.57. The number of carbonyl (C=O) groups excluding carboxylic acids is 1. The number of likely N-dealkylation sites (N-methyl/N-ethyl adjacent to an activating group) is 1. The van der Waals surface area contributed by atoms with Crippen LogP contribution in [0.25, 0.3) is 0 Å². The number of aliphatic carboxylic acids is 1. The second-order valence-corrected chi connectivity index (χ2v) is 3.86. The molecular weight excluding hydrogens is 208 g/mol. The molecule has 0 aromatic heterocycles. The van der Waals surface area contributed by atoms with Gasteiger partial charge in [0.25, 0.3) is 0 Å². The lowest BCUT2D eigenvalue weighted by Crippen LogP contribution is -2.46. The summed E-state index contributed by atoms with van der Waals surface area (Å²) in [4.78, 5) is 25.7. The maximum Gasteiger partial charge on any atom is 0.323 e. The van der Waals surface area contributed by atoms with Crippen LogP contribution in [0.15, 0.2) is 12.7 Å². The van der Waals surface area contributed by atoms with Crippen molar-refractivity contribution in [3.05, 3.63) is 12.7 Å². The Morgan fingerprint density at radius 2 is 2.12 bits per heavy atom. The van der Waals surface area contributed by atoms with Crippen molar-refractivity contribution in [1.82, 2.24) is 9.80 Å². The van der Waals surface area contributed by atoms with Crippen molar-refractivity contribution < 1.29 is 14.7 Å². The summed E-state index contributed by atoms with van der Waals surface area (Å²) < 4.78 is 0. The summed E-state index contributed by atoms with van der Waals surface area (Å²) in [5.41, 5.74) is 0. The Bertz CT molecular complexity index is 287. The Labute approximate surface area is 95.3 Å². The minimum Gasteiger partial charge on any atom is -0.480 e. The minimum atomic E-state index is -0.982. The summed E-state index contributed by atoms with van der Waals surface area (Å²) >= 11 is 0. The molecule has 16 heavy (non-hydrogen) atoms. The number of rotatable bonds is 6. The van der Waals surface area contributed by atoms with Gasteiger partial charge >= 0.3 is 12.0 Å². The SMILES string of the molecule is C=CCN(C(=O)N(CC)CC(=O)O)C1CC1. The molecule has 0 unspecified atom stereocenters. The van der Waals surface area contributed by atoms with Crippen LogP contribution in [-0.4, -0.2) is 52.6 Å². The summed E-state index contributed by atoms with van der Waals surface area (Å²) in [7, 11) is 0. The first-order valence-electron chi connectivity index (χ1n) is 5.48. The fraction of sp³-hybridized carbons (Fsp3) is 0.636. The van der Waals surface area contributed by atoms with Crippen LogP contribution < -0.4 is 0 Å². The molecule has 1 rings (SSSR count). The van der Waals surface area contributed by atoms with Gasteiger partial charge in [0.1, 0.15) is 6.54 Å². The van der Waals surface area contributed by atoms with E-state index in [1.165, 1.54) is 4.90 Å². The van der Waals surface area contributed by atoms with Gasteiger partial charge < -0.3 is 14.9 Å². The second-order valence-electron chi connectivity index (χ2n) is 3.86. The number of nitrogens with zero attached hydrogens (tertiary/aromatic N) is 2. The molecule has 5 heteroatoms.